The first-order valence-corrected chi connectivity index (χ1v) is 9.31. The van der Waals surface area contributed by atoms with Gasteiger partial charge in [-0.05, 0) is 36.4 Å². The zero-order valence-corrected chi connectivity index (χ0v) is 14.5. The van der Waals surface area contributed by atoms with E-state index in [9.17, 15) is 13.2 Å². The van der Waals surface area contributed by atoms with Crippen LogP contribution in [0.2, 0.25) is 5.02 Å². The number of amides is 1. The van der Waals surface area contributed by atoms with E-state index in [-0.39, 0.29) is 22.4 Å². The van der Waals surface area contributed by atoms with Crippen LogP contribution >= 0.6 is 11.6 Å². The molecule has 1 heterocycles. The fourth-order valence-electron chi connectivity index (χ4n) is 2.04. The first-order valence-electron chi connectivity index (χ1n) is 7.04. The largest absolute Gasteiger partial charge is 0.403 e. The second-order valence-electron chi connectivity index (χ2n) is 5.14. The van der Waals surface area contributed by atoms with Gasteiger partial charge in [-0.2, -0.15) is 0 Å². The first kappa shape index (κ1) is 17.1. The van der Waals surface area contributed by atoms with Gasteiger partial charge in [0.2, 0.25) is 5.89 Å². The van der Waals surface area contributed by atoms with Gasteiger partial charge in [0, 0.05) is 11.8 Å². The molecular formula is C16H12ClN3O4S. The summed E-state index contributed by atoms with van der Waals surface area (Å²) in [5.74, 6) is -0.331. The maximum atomic E-state index is 12.1. The molecule has 0 radical (unpaired) electrons. The fraction of sp³-hybridized carbons (Fsp3) is 0.0625. The van der Waals surface area contributed by atoms with E-state index in [1.54, 1.807) is 36.4 Å². The predicted octanol–water partition coefficient (Wildman–Crippen LogP) is 3.05. The number of hydrogen-bond donors (Lipinski definition) is 1. The lowest BCUT2D eigenvalue weighted by atomic mass is 10.2. The van der Waals surface area contributed by atoms with Crippen molar-refractivity contribution in [3.05, 3.63) is 59.1 Å². The van der Waals surface area contributed by atoms with Crippen LogP contribution in [0.3, 0.4) is 0 Å². The molecule has 1 N–H and O–H groups in total. The van der Waals surface area contributed by atoms with Gasteiger partial charge in [-0.15, -0.1) is 5.10 Å². The van der Waals surface area contributed by atoms with Crippen LogP contribution in [-0.4, -0.2) is 30.8 Å². The molecule has 0 saturated carbocycles. The third-order valence-electron chi connectivity index (χ3n) is 3.29. The Kier molecular flexibility index (Phi) is 4.56. The third-order valence-corrected chi connectivity index (χ3v) is 4.75. The van der Waals surface area contributed by atoms with Crippen molar-refractivity contribution in [2.45, 2.75) is 4.90 Å². The fourth-order valence-corrected chi connectivity index (χ4v) is 2.90. The molecule has 0 bridgehead atoms. The minimum absolute atomic E-state index is 0.0906. The van der Waals surface area contributed by atoms with Gasteiger partial charge in [0.1, 0.15) is 0 Å². The van der Waals surface area contributed by atoms with Gasteiger partial charge < -0.3 is 4.42 Å². The third kappa shape index (κ3) is 3.86. The Bertz CT molecular complexity index is 1030. The molecule has 9 heteroatoms. The van der Waals surface area contributed by atoms with Crippen LogP contribution in [-0.2, 0) is 9.84 Å². The van der Waals surface area contributed by atoms with E-state index in [0.717, 1.165) is 6.26 Å². The zero-order valence-electron chi connectivity index (χ0n) is 12.9. The summed E-state index contributed by atoms with van der Waals surface area (Å²) >= 11 is 5.96. The Labute approximate surface area is 148 Å². The van der Waals surface area contributed by atoms with Crippen LogP contribution in [0.5, 0.6) is 0 Å². The van der Waals surface area contributed by atoms with Crippen molar-refractivity contribution >= 4 is 33.4 Å². The van der Waals surface area contributed by atoms with Crippen LogP contribution in [0.15, 0.2) is 57.8 Å². The number of halogens is 1. The average molecular weight is 378 g/mol. The van der Waals surface area contributed by atoms with Gasteiger partial charge in [-0.25, -0.2) is 8.42 Å². The smallest absolute Gasteiger partial charge is 0.322 e. The summed E-state index contributed by atoms with van der Waals surface area (Å²) in [6.07, 6.45) is 1.12. The molecule has 0 atom stereocenters. The van der Waals surface area contributed by atoms with Gasteiger partial charge >= 0.3 is 6.01 Å². The molecule has 3 aromatic rings. The summed E-state index contributed by atoms with van der Waals surface area (Å²) in [5, 5.41) is 10.3. The predicted molar refractivity (Wildman–Crippen MR) is 92.2 cm³/mol. The van der Waals surface area contributed by atoms with Crippen molar-refractivity contribution < 1.29 is 17.6 Å². The summed E-state index contributed by atoms with van der Waals surface area (Å²) in [7, 11) is -3.28. The molecule has 128 valence electrons. The van der Waals surface area contributed by atoms with Gasteiger partial charge in [-0.1, -0.05) is 28.8 Å². The van der Waals surface area contributed by atoms with Gasteiger partial charge in [0.25, 0.3) is 5.91 Å². The van der Waals surface area contributed by atoms with E-state index < -0.39 is 15.7 Å². The SMILES string of the molecule is CS(=O)(=O)c1ccc(-c2nnc(NC(=O)c3ccccc3Cl)o2)cc1. The lowest BCUT2D eigenvalue weighted by Gasteiger charge is -2.02. The minimum atomic E-state index is -3.28. The number of nitrogens with zero attached hydrogens (tertiary/aromatic N) is 2. The Hall–Kier alpha value is -2.71. The quantitative estimate of drug-likeness (QED) is 0.749. The molecule has 2 aromatic carbocycles. The molecular weight excluding hydrogens is 366 g/mol. The van der Waals surface area contributed by atoms with Crippen LogP contribution in [0.1, 0.15) is 10.4 Å². The maximum absolute atomic E-state index is 12.1. The van der Waals surface area contributed by atoms with E-state index in [4.69, 9.17) is 16.0 Å². The summed E-state index contributed by atoms with van der Waals surface area (Å²) in [6.45, 7) is 0. The number of rotatable bonds is 4. The molecule has 0 saturated heterocycles. The molecule has 0 aliphatic rings. The normalized spacial score (nSPS) is 11.3. The second-order valence-corrected chi connectivity index (χ2v) is 7.57. The number of aromatic nitrogens is 2. The Balaban J connectivity index is 1.79. The van der Waals surface area contributed by atoms with Crippen molar-refractivity contribution in [3.8, 4) is 11.5 Å². The van der Waals surface area contributed by atoms with Crippen molar-refractivity contribution in [3.63, 3.8) is 0 Å². The highest BCUT2D eigenvalue weighted by atomic mass is 35.5. The van der Waals surface area contributed by atoms with Crippen LogP contribution < -0.4 is 5.32 Å². The molecule has 3 rings (SSSR count). The number of sulfone groups is 1. The molecule has 0 spiro atoms. The maximum Gasteiger partial charge on any atom is 0.322 e. The number of carbonyl (C=O) groups is 1. The Morgan fingerprint density at radius 2 is 1.76 bits per heavy atom. The second kappa shape index (κ2) is 6.66. The summed E-state index contributed by atoms with van der Waals surface area (Å²) in [6, 6.07) is 12.4. The van der Waals surface area contributed by atoms with E-state index in [1.807, 2.05) is 0 Å². The zero-order chi connectivity index (χ0) is 18.0. The molecule has 25 heavy (non-hydrogen) atoms. The van der Waals surface area contributed by atoms with Crippen molar-refractivity contribution in [2.24, 2.45) is 0 Å². The van der Waals surface area contributed by atoms with E-state index in [0.29, 0.717) is 10.6 Å². The number of anilines is 1. The minimum Gasteiger partial charge on any atom is -0.403 e. The highest BCUT2D eigenvalue weighted by molar-refractivity contribution is 7.90. The van der Waals surface area contributed by atoms with E-state index in [2.05, 4.69) is 15.5 Å². The van der Waals surface area contributed by atoms with Crippen molar-refractivity contribution in [1.82, 2.24) is 10.2 Å². The van der Waals surface area contributed by atoms with Crippen LogP contribution in [0.4, 0.5) is 6.01 Å². The van der Waals surface area contributed by atoms with Crippen LogP contribution in [0, 0.1) is 0 Å². The average Bonchev–Trinajstić information content (AvgIpc) is 3.03. The van der Waals surface area contributed by atoms with E-state index >= 15 is 0 Å². The van der Waals surface area contributed by atoms with Gasteiger partial charge in [-0.3, -0.25) is 10.1 Å². The van der Waals surface area contributed by atoms with Gasteiger partial charge in [0.15, 0.2) is 9.84 Å². The summed E-state index contributed by atoms with van der Waals surface area (Å²) < 4.78 is 28.3. The lowest BCUT2D eigenvalue weighted by molar-refractivity contribution is 0.102. The molecule has 0 aliphatic heterocycles. The first-order chi connectivity index (χ1) is 11.8. The summed E-state index contributed by atoms with van der Waals surface area (Å²) in [5.41, 5.74) is 0.805. The van der Waals surface area contributed by atoms with Crippen molar-refractivity contribution in [2.75, 3.05) is 11.6 Å². The number of nitrogens with one attached hydrogen (secondary N) is 1. The highest BCUT2D eigenvalue weighted by Gasteiger charge is 2.15. The lowest BCUT2D eigenvalue weighted by Crippen LogP contribution is -2.12. The monoisotopic (exact) mass is 377 g/mol. The highest BCUT2D eigenvalue weighted by Crippen LogP contribution is 2.22. The van der Waals surface area contributed by atoms with E-state index in [1.165, 1.54) is 12.1 Å². The Morgan fingerprint density at radius 3 is 2.40 bits per heavy atom. The molecule has 0 aliphatic carbocycles. The molecule has 0 unspecified atom stereocenters. The standard InChI is InChI=1S/C16H12ClN3O4S/c1-25(22,23)11-8-6-10(7-9-11)15-19-20-16(24-15)18-14(21)12-4-2-3-5-13(12)17/h2-9H,1H3,(H,18,20,21). The summed E-state index contributed by atoms with van der Waals surface area (Å²) in [4.78, 5) is 12.3. The van der Waals surface area contributed by atoms with Crippen LogP contribution in [0.25, 0.3) is 11.5 Å². The van der Waals surface area contributed by atoms with Gasteiger partial charge in [0.05, 0.1) is 15.5 Å². The van der Waals surface area contributed by atoms with Crippen molar-refractivity contribution in [1.29, 1.82) is 0 Å². The topological polar surface area (TPSA) is 102 Å². The molecule has 7 nitrogen and oxygen atoms in total. The number of carbonyl (C=O) groups excluding carboxylic acids is 1. The Morgan fingerprint density at radius 1 is 1.08 bits per heavy atom. The molecule has 1 amide bonds. The number of benzene rings is 2. The molecule has 0 fully saturated rings. The number of hydrogen-bond acceptors (Lipinski definition) is 6. The molecule has 1 aromatic heterocycles.